The van der Waals surface area contributed by atoms with Gasteiger partial charge in [0, 0.05) is 18.7 Å². The van der Waals surface area contributed by atoms with Gasteiger partial charge in [-0.15, -0.1) is 0 Å². The van der Waals surface area contributed by atoms with Gasteiger partial charge in [0.2, 0.25) is 0 Å². The second-order valence-corrected chi connectivity index (χ2v) is 5.30. The molecule has 2 aromatic carbocycles. The van der Waals surface area contributed by atoms with Gasteiger partial charge in [-0.25, -0.2) is 0 Å². The fourth-order valence-electron chi connectivity index (χ4n) is 2.60. The van der Waals surface area contributed by atoms with Gasteiger partial charge in [0.25, 0.3) is 5.91 Å². The van der Waals surface area contributed by atoms with Crippen LogP contribution in [0.15, 0.2) is 48.5 Å². The molecule has 1 aliphatic rings. The third kappa shape index (κ3) is 3.63. The summed E-state index contributed by atoms with van der Waals surface area (Å²) in [5, 5.41) is 3.00. The fraction of sp³-hybridized carbons (Fsp3) is 0.278. The molecule has 1 aliphatic heterocycles. The molecular weight excluding hydrogens is 292 g/mol. The number of morpholine rings is 1. The van der Waals surface area contributed by atoms with Crippen molar-refractivity contribution in [3.8, 4) is 5.75 Å². The highest BCUT2D eigenvalue weighted by molar-refractivity contribution is 6.06. The Balaban J connectivity index is 1.77. The number of nitrogens with one attached hydrogen (secondary N) is 1. The van der Waals surface area contributed by atoms with E-state index in [4.69, 9.17) is 9.47 Å². The Morgan fingerprint density at radius 1 is 1.09 bits per heavy atom. The lowest BCUT2D eigenvalue weighted by Crippen LogP contribution is -2.36. The van der Waals surface area contributed by atoms with Crippen molar-refractivity contribution < 1.29 is 14.3 Å². The van der Waals surface area contributed by atoms with Crippen LogP contribution in [0, 0.1) is 0 Å². The first-order valence-electron chi connectivity index (χ1n) is 7.65. The van der Waals surface area contributed by atoms with Crippen molar-refractivity contribution in [3.05, 3.63) is 54.1 Å². The third-order valence-electron chi connectivity index (χ3n) is 3.86. The van der Waals surface area contributed by atoms with E-state index in [1.165, 1.54) is 0 Å². The van der Waals surface area contributed by atoms with Crippen LogP contribution in [0.3, 0.4) is 0 Å². The Kier molecular flexibility index (Phi) is 4.78. The molecular formula is C18H20N2O3. The van der Waals surface area contributed by atoms with Crippen LogP contribution in [-0.2, 0) is 4.74 Å². The van der Waals surface area contributed by atoms with E-state index in [2.05, 4.69) is 10.2 Å². The van der Waals surface area contributed by atoms with E-state index in [0.29, 0.717) is 18.8 Å². The number of benzene rings is 2. The number of carbonyl (C=O) groups excluding carboxylic acids is 1. The molecule has 5 nitrogen and oxygen atoms in total. The molecule has 0 aliphatic carbocycles. The number of anilines is 2. The Labute approximate surface area is 135 Å². The van der Waals surface area contributed by atoms with Gasteiger partial charge in [-0.05, 0) is 36.4 Å². The summed E-state index contributed by atoms with van der Waals surface area (Å²) in [7, 11) is 1.60. The number of ether oxygens (including phenoxy) is 2. The van der Waals surface area contributed by atoms with Gasteiger partial charge < -0.3 is 19.7 Å². The predicted molar refractivity (Wildman–Crippen MR) is 90.4 cm³/mol. The van der Waals surface area contributed by atoms with Crippen LogP contribution >= 0.6 is 0 Å². The minimum Gasteiger partial charge on any atom is -0.497 e. The summed E-state index contributed by atoms with van der Waals surface area (Å²) in [4.78, 5) is 14.7. The first kappa shape index (κ1) is 15.4. The van der Waals surface area contributed by atoms with Crippen molar-refractivity contribution in [1.29, 1.82) is 0 Å². The van der Waals surface area contributed by atoms with Crippen molar-refractivity contribution in [3.63, 3.8) is 0 Å². The van der Waals surface area contributed by atoms with E-state index < -0.39 is 0 Å². The number of methoxy groups -OCH3 is 1. The van der Waals surface area contributed by atoms with Crippen molar-refractivity contribution in [2.45, 2.75) is 0 Å². The van der Waals surface area contributed by atoms with Gasteiger partial charge in [-0.3, -0.25) is 4.79 Å². The molecule has 23 heavy (non-hydrogen) atoms. The molecule has 0 unspecified atom stereocenters. The molecule has 5 heteroatoms. The number of hydrogen-bond donors (Lipinski definition) is 1. The largest absolute Gasteiger partial charge is 0.497 e. The molecule has 0 aromatic heterocycles. The third-order valence-corrected chi connectivity index (χ3v) is 3.86. The van der Waals surface area contributed by atoms with E-state index in [1.807, 2.05) is 24.3 Å². The van der Waals surface area contributed by atoms with Gasteiger partial charge in [-0.2, -0.15) is 0 Å². The van der Waals surface area contributed by atoms with Crippen LogP contribution in [0.4, 0.5) is 11.4 Å². The zero-order chi connectivity index (χ0) is 16.1. The molecule has 1 heterocycles. The lowest BCUT2D eigenvalue weighted by molar-refractivity contribution is 0.102. The minimum atomic E-state index is -0.131. The summed E-state index contributed by atoms with van der Waals surface area (Å²) in [6, 6.07) is 14.9. The van der Waals surface area contributed by atoms with Crippen molar-refractivity contribution >= 4 is 17.3 Å². The second kappa shape index (κ2) is 7.15. The summed E-state index contributed by atoms with van der Waals surface area (Å²) in [5.41, 5.74) is 2.44. The first-order chi connectivity index (χ1) is 11.3. The lowest BCUT2D eigenvalue weighted by Gasteiger charge is -2.30. The minimum absolute atomic E-state index is 0.131. The number of nitrogens with zero attached hydrogens (tertiary/aromatic N) is 1. The second-order valence-electron chi connectivity index (χ2n) is 5.30. The van der Waals surface area contributed by atoms with Gasteiger partial charge in [-0.1, -0.05) is 12.1 Å². The van der Waals surface area contributed by atoms with Gasteiger partial charge in [0.15, 0.2) is 0 Å². The zero-order valence-electron chi connectivity index (χ0n) is 13.1. The molecule has 0 spiro atoms. The average molecular weight is 312 g/mol. The highest BCUT2D eigenvalue weighted by atomic mass is 16.5. The van der Waals surface area contributed by atoms with E-state index in [-0.39, 0.29) is 5.91 Å². The zero-order valence-corrected chi connectivity index (χ0v) is 13.1. The summed E-state index contributed by atoms with van der Waals surface area (Å²) >= 11 is 0. The average Bonchev–Trinajstić information content (AvgIpc) is 2.63. The first-order valence-corrected chi connectivity index (χ1v) is 7.65. The lowest BCUT2D eigenvalue weighted by atomic mass is 10.2. The van der Waals surface area contributed by atoms with Crippen molar-refractivity contribution in [1.82, 2.24) is 0 Å². The molecule has 1 fully saturated rings. The van der Waals surface area contributed by atoms with Crippen LogP contribution in [-0.4, -0.2) is 39.3 Å². The fourth-order valence-corrected chi connectivity index (χ4v) is 2.60. The van der Waals surface area contributed by atoms with Crippen LogP contribution in [0.5, 0.6) is 5.75 Å². The quantitative estimate of drug-likeness (QED) is 0.943. The Bertz CT molecular complexity index is 664. The Morgan fingerprint density at radius 3 is 2.48 bits per heavy atom. The highest BCUT2D eigenvalue weighted by Gasteiger charge is 2.16. The smallest absolute Gasteiger partial charge is 0.255 e. The predicted octanol–water partition coefficient (Wildman–Crippen LogP) is 2.78. The summed E-state index contributed by atoms with van der Waals surface area (Å²) < 4.78 is 10.5. The van der Waals surface area contributed by atoms with Gasteiger partial charge >= 0.3 is 0 Å². The van der Waals surface area contributed by atoms with E-state index in [9.17, 15) is 4.79 Å². The normalized spacial score (nSPS) is 14.4. The van der Waals surface area contributed by atoms with Crippen LogP contribution in [0.25, 0.3) is 0 Å². The SMILES string of the molecule is COc1ccc(C(=O)Nc2ccccc2N2CCOCC2)cc1. The summed E-state index contributed by atoms with van der Waals surface area (Å²) in [6.45, 7) is 3.08. The highest BCUT2D eigenvalue weighted by Crippen LogP contribution is 2.27. The maximum Gasteiger partial charge on any atom is 0.255 e. The topological polar surface area (TPSA) is 50.8 Å². The molecule has 0 bridgehead atoms. The molecule has 120 valence electrons. The summed E-state index contributed by atoms with van der Waals surface area (Å²) in [6.07, 6.45) is 0. The van der Waals surface area contributed by atoms with Crippen LogP contribution in [0.2, 0.25) is 0 Å². The number of carbonyl (C=O) groups is 1. The Hall–Kier alpha value is -2.53. The number of para-hydroxylation sites is 2. The maximum absolute atomic E-state index is 12.5. The van der Waals surface area contributed by atoms with E-state index >= 15 is 0 Å². The summed E-state index contributed by atoms with van der Waals surface area (Å²) in [5.74, 6) is 0.601. The molecule has 1 N–H and O–H groups in total. The number of rotatable bonds is 4. The monoisotopic (exact) mass is 312 g/mol. The van der Waals surface area contributed by atoms with Crippen LogP contribution < -0.4 is 15.0 Å². The van der Waals surface area contributed by atoms with E-state index in [0.717, 1.165) is 30.2 Å². The Morgan fingerprint density at radius 2 is 1.78 bits per heavy atom. The molecule has 1 amide bonds. The molecule has 3 rings (SSSR count). The van der Waals surface area contributed by atoms with Crippen molar-refractivity contribution in [2.24, 2.45) is 0 Å². The number of hydrogen-bond acceptors (Lipinski definition) is 4. The standard InChI is InChI=1S/C18H20N2O3/c1-22-15-8-6-14(7-9-15)18(21)19-16-4-2-3-5-17(16)20-10-12-23-13-11-20/h2-9H,10-13H2,1H3,(H,19,21). The molecule has 0 atom stereocenters. The number of amides is 1. The maximum atomic E-state index is 12.5. The van der Waals surface area contributed by atoms with Crippen LogP contribution in [0.1, 0.15) is 10.4 Å². The molecule has 0 radical (unpaired) electrons. The molecule has 2 aromatic rings. The van der Waals surface area contributed by atoms with Gasteiger partial charge in [0.1, 0.15) is 5.75 Å². The molecule has 1 saturated heterocycles. The van der Waals surface area contributed by atoms with Gasteiger partial charge in [0.05, 0.1) is 31.7 Å². The molecule has 0 saturated carbocycles. The van der Waals surface area contributed by atoms with Crippen molar-refractivity contribution in [2.75, 3.05) is 43.6 Å². The van der Waals surface area contributed by atoms with E-state index in [1.54, 1.807) is 31.4 Å².